The molecule has 1 amide bonds. The summed E-state index contributed by atoms with van der Waals surface area (Å²) in [6.07, 6.45) is 9.26. The second-order valence-corrected chi connectivity index (χ2v) is 6.89. The van der Waals surface area contributed by atoms with Gasteiger partial charge < -0.3 is 10.1 Å². The fourth-order valence-electron chi connectivity index (χ4n) is 3.12. The summed E-state index contributed by atoms with van der Waals surface area (Å²) in [5.41, 5.74) is 3.40. The van der Waals surface area contributed by atoms with E-state index in [0.29, 0.717) is 12.1 Å². The molecule has 2 aromatic heterocycles. The number of fused-ring (bicyclic) bond motifs is 1. The van der Waals surface area contributed by atoms with Gasteiger partial charge in [-0.25, -0.2) is 4.98 Å². The van der Waals surface area contributed by atoms with Crippen molar-refractivity contribution in [3.63, 3.8) is 0 Å². The number of nitrogens with one attached hydrogen (secondary N) is 1. The monoisotopic (exact) mass is 378 g/mol. The van der Waals surface area contributed by atoms with Crippen molar-refractivity contribution >= 4 is 17.7 Å². The molecule has 0 saturated carbocycles. The lowest BCUT2D eigenvalue weighted by Gasteiger charge is -2.14. The number of aromatic nitrogens is 3. The Labute approximate surface area is 161 Å². The second-order valence-electron chi connectivity index (χ2n) is 6.10. The van der Waals surface area contributed by atoms with E-state index in [-0.39, 0.29) is 12.0 Å². The molecule has 0 fully saturated rings. The molecule has 0 aliphatic carbocycles. The molecule has 136 valence electrons. The van der Waals surface area contributed by atoms with Gasteiger partial charge in [-0.05, 0) is 30.0 Å². The minimum Gasteiger partial charge on any atom is -0.487 e. The Morgan fingerprint density at radius 1 is 1.22 bits per heavy atom. The van der Waals surface area contributed by atoms with E-state index in [9.17, 15) is 4.79 Å². The van der Waals surface area contributed by atoms with E-state index in [1.807, 2.05) is 24.5 Å². The minimum absolute atomic E-state index is 0.115. The topological polar surface area (TPSA) is 77.0 Å². The number of carbonyl (C=O) groups is 1. The van der Waals surface area contributed by atoms with E-state index in [2.05, 4.69) is 20.3 Å². The van der Waals surface area contributed by atoms with Crippen LogP contribution in [0.2, 0.25) is 0 Å². The van der Waals surface area contributed by atoms with Gasteiger partial charge in [0.1, 0.15) is 16.9 Å². The number of hydrogen-bond acceptors (Lipinski definition) is 6. The summed E-state index contributed by atoms with van der Waals surface area (Å²) in [5, 5.41) is 3.68. The third-order valence-corrected chi connectivity index (χ3v) is 5.08. The van der Waals surface area contributed by atoms with Gasteiger partial charge in [-0.15, -0.1) is 11.8 Å². The number of amides is 1. The van der Waals surface area contributed by atoms with Crippen molar-refractivity contribution < 1.29 is 9.53 Å². The molecule has 1 aliphatic rings. The molecule has 0 bridgehead atoms. The van der Waals surface area contributed by atoms with Crippen molar-refractivity contribution in [2.75, 3.05) is 12.8 Å². The van der Waals surface area contributed by atoms with Crippen molar-refractivity contribution in [2.24, 2.45) is 0 Å². The standard InChI is InChI=1S/C20H18N4O2S/c1-27-20-16(6-3-7-23-20)19(25)24-11-14-10-13-4-2-5-15(18(13)26-14)17-12-21-8-9-22-17/h2-9,12,14H,10-11H2,1H3,(H,24,25). The van der Waals surface area contributed by atoms with E-state index in [1.165, 1.54) is 11.8 Å². The Bertz CT molecular complexity index is 965. The largest absolute Gasteiger partial charge is 0.487 e. The van der Waals surface area contributed by atoms with Gasteiger partial charge in [0.2, 0.25) is 0 Å². The van der Waals surface area contributed by atoms with Crippen LogP contribution in [-0.2, 0) is 6.42 Å². The van der Waals surface area contributed by atoms with Gasteiger partial charge in [0.05, 0.1) is 24.0 Å². The maximum Gasteiger partial charge on any atom is 0.254 e. The van der Waals surface area contributed by atoms with Crippen molar-refractivity contribution in [1.82, 2.24) is 20.3 Å². The highest BCUT2D eigenvalue weighted by atomic mass is 32.2. The zero-order valence-corrected chi connectivity index (χ0v) is 15.6. The zero-order valence-electron chi connectivity index (χ0n) is 14.8. The highest BCUT2D eigenvalue weighted by Crippen LogP contribution is 2.37. The van der Waals surface area contributed by atoms with Gasteiger partial charge in [0, 0.05) is 30.6 Å². The van der Waals surface area contributed by atoms with Crippen LogP contribution in [0.25, 0.3) is 11.3 Å². The molecule has 1 aliphatic heterocycles. The third kappa shape index (κ3) is 3.64. The van der Waals surface area contributed by atoms with Crippen molar-refractivity contribution in [1.29, 1.82) is 0 Å². The van der Waals surface area contributed by atoms with Crippen LogP contribution in [0.3, 0.4) is 0 Å². The summed E-state index contributed by atoms with van der Waals surface area (Å²) >= 11 is 1.46. The maximum absolute atomic E-state index is 12.5. The number of thioether (sulfide) groups is 1. The van der Waals surface area contributed by atoms with Gasteiger partial charge in [-0.3, -0.25) is 14.8 Å². The molecular weight excluding hydrogens is 360 g/mol. The number of pyridine rings is 1. The van der Waals surface area contributed by atoms with Crippen LogP contribution in [0.1, 0.15) is 15.9 Å². The fourth-order valence-corrected chi connectivity index (χ4v) is 3.67. The lowest BCUT2D eigenvalue weighted by atomic mass is 10.0. The Hall–Kier alpha value is -2.93. The number of para-hydroxylation sites is 1. The summed E-state index contributed by atoms with van der Waals surface area (Å²) in [6.45, 7) is 0.427. The molecule has 6 nitrogen and oxygen atoms in total. The molecule has 1 aromatic carbocycles. The molecule has 27 heavy (non-hydrogen) atoms. The molecule has 3 aromatic rings. The molecule has 1 N–H and O–H groups in total. The van der Waals surface area contributed by atoms with Crippen LogP contribution in [-0.4, -0.2) is 39.8 Å². The van der Waals surface area contributed by atoms with Crippen LogP contribution >= 0.6 is 11.8 Å². The predicted octanol–water partition coefficient (Wildman–Crippen LogP) is 2.99. The summed E-state index contributed by atoms with van der Waals surface area (Å²) < 4.78 is 6.13. The molecule has 0 spiro atoms. The first-order valence-electron chi connectivity index (χ1n) is 8.58. The van der Waals surface area contributed by atoms with Gasteiger partial charge in [-0.1, -0.05) is 12.1 Å². The average molecular weight is 378 g/mol. The summed E-state index contributed by atoms with van der Waals surface area (Å²) in [5.74, 6) is 0.685. The van der Waals surface area contributed by atoms with E-state index in [4.69, 9.17) is 4.74 Å². The van der Waals surface area contributed by atoms with Gasteiger partial charge in [-0.2, -0.15) is 0 Å². The molecule has 4 rings (SSSR count). The number of benzene rings is 1. The summed E-state index contributed by atoms with van der Waals surface area (Å²) in [7, 11) is 0. The number of rotatable bonds is 5. The van der Waals surface area contributed by atoms with Gasteiger partial charge in [0.15, 0.2) is 0 Å². The van der Waals surface area contributed by atoms with Crippen LogP contribution in [0.15, 0.2) is 60.1 Å². The molecule has 1 unspecified atom stereocenters. The van der Waals surface area contributed by atoms with Crippen molar-refractivity contribution in [3.8, 4) is 17.0 Å². The summed E-state index contributed by atoms with van der Waals surface area (Å²) in [4.78, 5) is 25.2. The normalized spacial score (nSPS) is 15.1. The Balaban J connectivity index is 1.46. The molecule has 0 radical (unpaired) electrons. The first-order valence-corrected chi connectivity index (χ1v) is 9.81. The van der Waals surface area contributed by atoms with Gasteiger partial charge in [0.25, 0.3) is 5.91 Å². The second kappa shape index (κ2) is 7.75. The lowest BCUT2D eigenvalue weighted by Crippen LogP contribution is -2.34. The maximum atomic E-state index is 12.5. The highest BCUT2D eigenvalue weighted by molar-refractivity contribution is 7.98. The van der Waals surface area contributed by atoms with Crippen molar-refractivity contribution in [2.45, 2.75) is 17.6 Å². The summed E-state index contributed by atoms with van der Waals surface area (Å²) in [6, 6.07) is 9.57. The van der Waals surface area contributed by atoms with E-state index >= 15 is 0 Å². The number of carbonyl (C=O) groups excluding carboxylic acids is 1. The smallest absolute Gasteiger partial charge is 0.254 e. The number of nitrogens with zero attached hydrogens (tertiary/aromatic N) is 3. The van der Waals surface area contributed by atoms with Crippen LogP contribution in [0, 0.1) is 0 Å². The molecular formula is C20H18N4O2S. The fraction of sp³-hybridized carbons (Fsp3) is 0.200. The van der Waals surface area contributed by atoms with Gasteiger partial charge >= 0.3 is 0 Å². The Kier molecular flexibility index (Phi) is 5.02. The van der Waals surface area contributed by atoms with Crippen molar-refractivity contribution in [3.05, 3.63) is 66.2 Å². The zero-order chi connectivity index (χ0) is 18.6. The SMILES string of the molecule is CSc1ncccc1C(=O)NCC1Cc2cccc(-c3cnccn3)c2O1. The lowest BCUT2D eigenvalue weighted by molar-refractivity contribution is 0.0930. The molecule has 7 heteroatoms. The number of ether oxygens (including phenoxy) is 1. The predicted molar refractivity (Wildman–Crippen MR) is 104 cm³/mol. The Morgan fingerprint density at radius 2 is 2.15 bits per heavy atom. The first kappa shape index (κ1) is 17.5. The molecule has 3 heterocycles. The Morgan fingerprint density at radius 3 is 2.96 bits per heavy atom. The van der Waals surface area contributed by atoms with Crippen LogP contribution < -0.4 is 10.1 Å². The quantitative estimate of drug-likeness (QED) is 0.688. The van der Waals surface area contributed by atoms with E-state index < -0.39 is 0 Å². The van der Waals surface area contributed by atoms with E-state index in [0.717, 1.165) is 34.0 Å². The molecule has 1 atom stereocenters. The van der Waals surface area contributed by atoms with Crippen LogP contribution in [0.5, 0.6) is 5.75 Å². The average Bonchev–Trinajstić information content (AvgIpc) is 3.15. The molecule has 0 saturated heterocycles. The minimum atomic E-state index is -0.138. The van der Waals surface area contributed by atoms with Crippen LogP contribution in [0.4, 0.5) is 0 Å². The van der Waals surface area contributed by atoms with E-state index in [1.54, 1.807) is 36.9 Å². The highest BCUT2D eigenvalue weighted by Gasteiger charge is 2.26. The third-order valence-electron chi connectivity index (χ3n) is 4.37. The number of hydrogen-bond donors (Lipinski definition) is 1. The first-order chi connectivity index (χ1) is 13.3.